The highest BCUT2D eigenvalue weighted by Gasteiger charge is 2.05. The highest BCUT2D eigenvalue weighted by Crippen LogP contribution is 1.81. The molecule has 0 saturated heterocycles. The summed E-state index contributed by atoms with van der Waals surface area (Å²) in [5, 5.41) is 16.2. The first-order valence-electron chi connectivity index (χ1n) is 1.82. The van der Waals surface area contributed by atoms with Crippen LogP contribution in [0.1, 0.15) is 0 Å². The fraction of sp³-hybridized carbons (Fsp3) is 0. The van der Waals surface area contributed by atoms with Crippen LogP contribution in [0.2, 0.25) is 0 Å². The Bertz CT molecular complexity index is 138. The van der Waals surface area contributed by atoms with Crippen LogP contribution in [0.3, 0.4) is 0 Å². The molecule has 0 aliphatic carbocycles. The highest BCUT2D eigenvalue weighted by molar-refractivity contribution is 7.81. The molecule has 52 valence electrons. The number of rotatable bonds is 0. The average Bonchev–Trinajstić information content (AvgIpc) is 1.84. The zero-order chi connectivity index (χ0) is 7.44. The molecule has 0 radical (unpaired) electrons. The second-order valence-corrected chi connectivity index (χ2v) is 1.87. The van der Waals surface area contributed by atoms with Crippen LogP contribution in [-0.4, -0.2) is 25.7 Å². The summed E-state index contributed by atoms with van der Waals surface area (Å²) in [5.74, 6) is 0. The van der Waals surface area contributed by atoms with Gasteiger partial charge in [0.25, 0.3) is 0 Å². The first-order chi connectivity index (χ1) is 4.09. The molecule has 0 aliphatic heterocycles. The minimum absolute atomic E-state index is 0.269. The van der Waals surface area contributed by atoms with E-state index in [2.05, 4.69) is 24.4 Å². The lowest BCUT2D eigenvalue weighted by atomic mass is 11.0. The number of hydroxylamine groups is 3. The summed E-state index contributed by atoms with van der Waals surface area (Å²) in [6, 6.07) is 0. The molecule has 0 unspecified atom stereocenters. The molecule has 5 nitrogen and oxygen atoms in total. The van der Waals surface area contributed by atoms with Crippen molar-refractivity contribution in [2.45, 2.75) is 0 Å². The topological polar surface area (TPSA) is 81.8 Å². The second kappa shape index (κ2) is 3.51. The third-order valence-corrected chi connectivity index (χ3v) is 0.934. The lowest BCUT2D eigenvalue weighted by molar-refractivity contribution is 0.0505. The molecule has 0 atom stereocenters. The first kappa shape index (κ1) is 8.50. The molecule has 0 aromatic carbocycles. The number of hydrogen-bond donors (Lipinski definition) is 4. The van der Waals surface area contributed by atoms with Crippen LogP contribution in [0.25, 0.3) is 0 Å². The largest absolute Gasteiger partial charge is 0.374 e. The highest BCUT2D eigenvalue weighted by atomic mass is 32.1. The molecule has 0 aromatic rings. The van der Waals surface area contributed by atoms with Gasteiger partial charge in [0.15, 0.2) is 5.11 Å². The second-order valence-electron chi connectivity index (χ2n) is 1.07. The van der Waals surface area contributed by atoms with Crippen LogP contribution in [-0.2, 0) is 0 Å². The SMILES string of the molecule is NC(=S)N(O)C(=S)NO. The monoisotopic (exact) mass is 167 g/mol. The van der Waals surface area contributed by atoms with Crippen LogP contribution in [0.5, 0.6) is 0 Å². The van der Waals surface area contributed by atoms with Gasteiger partial charge in [0.2, 0.25) is 5.11 Å². The quantitative estimate of drug-likeness (QED) is 0.277. The predicted molar refractivity (Wildman–Crippen MR) is 37.9 cm³/mol. The number of nitrogens with zero attached hydrogens (tertiary/aromatic N) is 1. The molecule has 0 rings (SSSR count). The summed E-state index contributed by atoms with van der Waals surface area (Å²) in [7, 11) is 0. The molecular formula is C2H5N3O2S2. The third-order valence-electron chi connectivity index (χ3n) is 0.497. The lowest BCUT2D eigenvalue weighted by Crippen LogP contribution is -2.42. The Morgan fingerprint density at radius 2 is 2.00 bits per heavy atom. The van der Waals surface area contributed by atoms with Crippen molar-refractivity contribution in [3.8, 4) is 0 Å². The predicted octanol–water partition coefficient (Wildman–Crippen LogP) is -0.815. The molecule has 0 amide bonds. The van der Waals surface area contributed by atoms with Crippen LogP contribution < -0.4 is 11.2 Å². The van der Waals surface area contributed by atoms with E-state index in [0.717, 1.165) is 0 Å². The normalized spacial score (nSPS) is 8.22. The van der Waals surface area contributed by atoms with Crippen molar-refractivity contribution < 1.29 is 10.4 Å². The van der Waals surface area contributed by atoms with Gasteiger partial charge in [0, 0.05) is 0 Å². The van der Waals surface area contributed by atoms with Gasteiger partial charge in [-0.25, -0.2) is 5.48 Å². The standard InChI is InChI=1S/C2H5N3O2S2/c3-1(8)5(7)2(9)4-6/h6-7H,(H2,3,8)(H,4,9). The van der Waals surface area contributed by atoms with Crippen molar-refractivity contribution in [2.75, 3.05) is 0 Å². The summed E-state index contributed by atoms with van der Waals surface area (Å²) in [5.41, 5.74) is 6.37. The van der Waals surface area contributed by atoms with Gasteiger partial charge >= 0.3 is 0 Å². The Hall–Kier alpha value is -0.500. The van der Waals surface area contributed by atoms with E-state index in [-0.39, 0.29) is 15.3 Å². The first-order valence-corrected chi connectivity index (χ1v) is 2.63. The van der Waals surface area contributed by atoms with E-state index in [1.165, 1.54) is 5.48 Å². The minimum atomic E-state index is -0.359. The molecule has 0 aliphatic rings. The number of nitrogens with two attached hydrogens (primary N) is 1. The van der Waals surface area contributed by atoms with Gasteiger partial charge in [-0.15, -0.1) is 0 Å². The molecule has 0 aromatic heterocycles. The van der Waals surface area contributed by atoms with Crippen molar-refractivity contribution in [1.29, 1.82) is 0 Å². The smallest absolute Gasteiger partial charge is 0.224 e. The number of hydrogen-bond acceptors (Lipinski definition) is 4. The van der Waals surface area contributed by atoms with Crippen molar-refractivity contribution in [3.63, 3.8) is 0 Å². The van der Waals surface area contributed by atoms with Crippen molar-refractivity contribution in [3.05, 3.63) is 0 Å². The van der Waals surface area contributed by atoms with E-state index in [1.54, 1.807) is 0 Å². The van der Waals surface area contributed by atoms with Gasteiger partial charge in [-0.1, -0.05) is 0 Å². The van der Waals surface area contributed by atoms with Gasteiger partial charge in [-0.2, -0.15) is 5.06 Å². The molecule has 0 fully saturated rings. The van der Waals surface area contributed by atoms with Crippen molar-refractivity contribution >= 4 is 34.7 Å². The fourth-order valence-electron chi connectivity index (χ4n) is 0.147. The third kappa shape index (κ3) is 2.51. The molecule has 5 N–H and O–H groups in total. The Morgan fingerprint density at radius 1 is 1.56 bits per heavy atom. The minimum Gasteiger partial charge on any atom is -0.374 e. The van der Waals surface area contributed by atoms with Gasteiger partial charge in [-0.3, -0.25) is 10.4 Å². The number of thiocarbonyl (C=S) groups is 2. The Balaban J connectivity index is 3.88. The molecule has 9 heavy (non-hydrogen) atoms. The molecule has 0 saturated carbocycles. The molecular weight excluding hydrogens is 162 g/mol. The van der Waals surface area contributed by atoms with Crippen molar-refractivity contribution in [2.24, 2.45) is 5.73 Å². The van der Waals surface area contributed by atoms with E-state index in [9.17, 15) is 0 Å². The lowest BCUT2D eigenvalue weighted by Gasteiger charge is -2.12. The molecule has 0 bridgehead atoms. The molecule has 0 spiro atoms. The summed E-state index contributed by atoms with van der Waals surface area (Å²) in [4.78, 5) is 0. The summed E-state index contributed by atoms with van der Waals surface area (Å²) >= 11 is 8.58. The van der Waals surface area contributed by atoms with Crippen LogP contribution in [0, 0.1) is 0 Å². The maximum absolute atomic E-state index is 8.60. The summed E-state index contributed by atoms with van der Waals surface area (Å²) < 4.78 is 0. The Kier molecular flexibility index (Phi) is 3.32. The average molecular weight is 167 g/mol. The van der Waals surface area contributed by atoms with E-state index in [4.69, 9.17) is 16.1 Å². The van der Waals surface area contributed by atoms with Crippen LogP contribution >= 0.6 is 24.4 Å². The zero-order valence-corrected chi connectivity index (χ0v) is 5.87. The van der Waals surface area contributed by atoms with E-state index < -0.39 is 0 Å². The Morgan fingerprint density at radius 3 is 2.11 bits per heavy atom. The maximum Gasteiger partial charge on any atom is 0.224 e. The van der Waals surface area contributed by atoms with E-state index in [0.29, 0.717) is 0 Å². The van der Waals surface area contributed by atoms with Crippen LogP contribution in [0.4, 0.5) is 0 Å². The molecule has 0 heterocycles. The van der Waals surface area contributed by atoms with Gasteiger partial charge in [0.05, 0.1) is 0 Å². The Labute approximate surface area is 62.0 Å². The van der Waals surface area contributed by atoms with Gasteiger partial charge in [0.1, 0.15) is 0 Å². The number of nitrogens with one attached hydrogen (secondary N) is 1. The summed E-state index contributed by atoms with van der Waals surface area (Å²) in [6.45, 7) is 0. The van der Waals surface area contributed by atoms with Gasteiger partial charge < -0.3 is 5.73 Å². The van der Waals surface area contributed by atoms with E-state index >= 15 is 0 Å². The fourth-order valence-corrected chi connectivity index (χ4v) is 0.395. The van der Waals surface area contributed by atoms with Crippen LogP contribution in [0.15, 0.2) is 0 Å². The summed E-state index contributed by atoms with van der Waals surface area (Å²) in [6.07, 6.45) is 0. The van der Waals surface area contributed by atoms with Crippen molar-refractivity contribution in [1.82, 2.24) is 10.5 Å². The maximum atomic E-state index is 8.60. The molecule has 7 heteroatoms. The van der Waals surface area contributed by atoms with E-state index in [1.807, 2.05) is 0 Å². The van der Waals surface area contributed by atoms with Gasteiger partial charge in [-0.05, 0) is 24.4 Å². The zero-order valence-electron chi connectivity index (χ0n) is 4.24.